The van der Waals surface area contributed by atoms with Crippen molar-refractivity contribution in [2.24, 2.45) is 23.7 Å². The predicted molar refractivity (Wildman–Crippen MR) is 86.6 cm³/mol. The molecule has 1 aliphatic heterocycles. The van der Waals surface area contributed by atoms with Crippen molar-refractivity contribution < 1.29 is 23.9 Å². The molecule has 0 aromatic carbocycles. The minimum atomic E-state index is -0.836. The smallest absolute Gasteiger partial charge is 0.307 e. The first-order valence-electron chi connectivity index (χ1n) is 8.90. The number of amides is 2. The molecule has 0 radical (unpaired) electrons. The lowest BCUT2D eigenvalue weighted by Crippen LogP contribution is -2.53. The van der Waals surface area contributed by atoms with Gasteiger partial charge in [-0.3, -0.25) is 14.4 Å². The van der Waals surface area contributed by atoms with Gasteiger partial charge in [0.05, 0.1) is 18.1 Å². The zero-order valence-corrected chi connectivity index (χ0v) is 14.0. The molecule has 1 saturated heterocycles. The fourth-order valence-corrected chi connectivity index (χ4v) is 4.90. The SMILES string of the molecule is O=C(O)[C@@H]1[C@H]2CC[C@@H](C2)[C@H]1C(=O)N1CCN(C(=O)c2ccco2)CC1. The molecule has 4 atom stereocenters. The van der Waals surface area contributed by atoms with Crippen LogP contribution in [0.1, 0.15) is 29.8 Å². The molecule has 2 bridgehead atoms. The van der Waals surface area contributed by atoms with E-state index < -0.39 is 11.9 Å². The summed E-state index contributed by atoms with van der Waals surface area (Å²) in [7, 11) is 0. The zero-order chi connectivity index (χ0) is 17.6. The molecule has 134 valence electrons. The van der Waals surface area contributed by atoms with E-state index in [1.54, 1.807) is 21.9 Å². The molecule has 4 rings (SSSR count). The van der Waals surface area contributed by atoms with Crippen molar-refractivity contribution in [1.82, 2.24) is 9.80 Å². The molecule has 7 heteroatoms. The first-order chi connectivity index (χ1) is 12.1. The van der Waals surface area contributed by atoms with Gasteiger partial charge in [0.25, 0.3) is 5.91 Å². The van der Waals surface area contributed by atoms with E-state index in [-0.39, 0.29) is 29.6 Å². The van der Waals surface area contributed by atoms with E-state index in [0.717, 1.165) is 19.3 Å². The Labute approximate surface area is 145 Å². The van der Waals surface area contributed by atoms with E-state index in [1.807, 2.05) is 0 Å². The molecule has 0 spiro atoms. The van der Waals surface area contributed by atoms with Crippen LogP contribution in [-0.4, -0.2) is 58.9 Å². The molecule has 7 nitrogen and oxygen atoms in total. The standard InChI is InChI=1S/C18H22N2O5/c21-16(13-2-1-9-25-13)19-5-7-20(8-6-19)17(22)14-11-3-4-12(10-11)15(14)18(23)24/h1-2,9,11-12,14-15H,3-8,10H2,(H,23,24)/t11-,12-,14+,15+/m0/s1. The number of aliphatic carboxylic acids is 1. The molecule has 1 aromatic rings. The van der Waals surface area contributed by atoms with Crippen LogP contribution < -0.4 is 0 Å². The third kappa shape index (κ3) is 2.71. The maximum atomic E-state index is 13.0. The molecule has 2 saturated carbocycles. The van der Waals surface area contributed by atoms with Crippen LogP contribution in [0.2, 0.25) is 0 Å². The number of carbonyl (C=O) groups excluding carboxylic acids is 2. The van der Waals surface area contributed by atoms with Gasteiger partial charge in [0.1, 0.15) is 0 Å². The summed E-state index contributed by atoms with van der Waals surface area (Å²) in [5.74, 6) is -1.29. The molecule has 1 aromatic heterocycles. The number of carbonyl (C=O) groups is 3. The molecular formula is C18H22N2O5. The average molecular weight is 346 g/mol. The van der Waals surface area contributed by atoms with E-state index in [2.05, 4.69) is 0 Å². The van der Waals surface area contributed by atoms with Gasteiger partial charge in [-0.2, -0.15) is 0 Å². The van der Waals surface area contributed by atoms with Crippen molar-refractivity contribution in [2.45, 2.75) is 19.3 Å². The fourth-order valence-electron chi connectivity index (χ4n) is 4.90. The van der Waals surface area contributed by atoms with E-state index in [9.17, 15) is 19.5 Å². The molecule has 1 N–H and O–H groups in total. The highest BCUT2D eigenvalue weighted by Gasteiger charge is 2.54. The fraction of sp³-hybridized carbons (Fsp3) is 0.611. The highest BCUT2D eigenvalue weighted by molar-refractivity contribution is 5.92. The minimum Gasteiger partial charge on any atom is -0.481 e. The molecular weight excluding hydrogens is 324 g/mol. The van der Waals surface area contributed by atoms with Crippen LogP contribution in [-0.2, 0) is 9.59 Å². The second-order valence-electron chi connectivity index (χ2n) is 7.32. The van der Waals surface area contributed by atoms with Crippen molar-refractivity contribution in [3.8, 4) is 0 Å². The third-order valence-corrected chi connectivity index (χ3v) is 6.10. The summed E-state index contributed by atoms with van der Waals surface area (Å²) >= 11 is 0. The van der Waals surface area contributed by atoms with Crippen LogP contribution in [0.5, 0.6) is 0 Å². The lowest BCUT2D eigenvalue weighted by atomic mass is 9.78. The Morgan fingerprint density at radius 3 is 2.24 bits per heavy atom. The van der Waals surface area contributed by atoms with E-state index in [1.165, 1.54) is 6.26 Å². The highest BCUT2D eigenvalue weighted by Crippen LogP contribution is 2.53. The lowest BCUT2D eigenvalue weighted by molar-refractivity contribution is -0.153. The van der Waals surface area contributed by atoms with Crippen LogP contribution in [0, 0.1) is 23.7 Å². The van der Waals surface area contributed by atoms with Gasteiger partial charge in [-0.05, 0) is 43.2 Å². The Bertz CT molecular complexity index is 678. The number of hydrogen-bond acceptors (Lipinski definition) is 4. The molecule has 3 aliphatic rings. The summed E-state index contributed by atoms with van der Waals surface area (Å²) in [6.45, 7) is 1.80. The van der Waals surface area contributed by atoms with Gasteiger partial charge < -0.3 is 19.3 Å². The van der Waals surface area contributed by atoms with Crippen molar-refractivity contribution in [2.75, 3.05) is 26.2 Å². The quantitative estimate of drug-likeness (QED) is 0.891. The molecule has 2 aliphatic carbocycles. The Kier molecular flexibility index (Phi) is 4.01. The zero-order valence-electron chi connectivity index (χ0n) is 14.0. The monoisotopic (exact) mass is 346 g/mol. The number of carboxylic acids is 1. The van der Waals surface area contributed by atoms with Gasteiger partial charge in [0.2, 0.25) is 5.91 Å². The van der Waals surface area contributed by atoms with E-state index >= 15 is 0 Å². The number of furan rings is 1. The Morgan fingerprint density at radius 2 is 1.64 bits per heavy atom. The summed E-state index contributed by atoms with van der Waals surface area (Å²) in [4.78, 5) is 40.3. The third-order valence-electron chi connectivity index (χ3n) is 6.10. The second kappa shape index (κ2) is 6.20. The summed E-state index contributed by atoms with van der Waals surface area (Å²) in [5.41, 5.74) is 0. The Hall–Kier alpha value is -2.31. The Morgan fingerprint density at radius 1 is 1.00 bits per heavy atom. The van der Waals surface area contributed by atoms with Crippen molar-refractivity contribution >= 4 is 17.8 Å². The van der Waals surface area contributed by atoms with Gasteiger partial charge in [0.15, 0.2) is 5.76 Å². The number of fused-ring (bicyclic) bond motifs is 2. The second-order valence-corrected chi connectivity index (χ2v) is 7.32. The van der Waals surface area contributed by atoms with Crippen LogP contribution in [0.3, 0.4) is 0 Å². The molecule has 3 fully saturated rings. The predicted octanol–water partition coefficient (Wildman–Crippen LogP) is 1.31. The van der Waals surface area contributed by atoms with Gasteiger partial charge >= 0.3 is 5.97 Å². The summed E-state index contributed by atoms with van der Waals surface area (Å²) in [6.07, 6.45) is 4.22. The first-order valence-corrected chi connectivity index (χ1v) is 8.90. The number of nitrogens with zero attached hydrogens (tertiary/aromatic N) is 2. The summed E-state index contributed by atoms with van der Waals surface area (Å²) in [5, 5.41) is 9.54. The van der Waals surface area contributed by atoms with Crippen molar-refractivity contribution in [3.63, 3.8) is 0 Å². The minimum absolute atomic E-state index is 0.0373. The van der Waals surface area contributed by atoms with Crippen LogP contribution in [0.15, 0.2) is 22.8 Å². The van der Waals surface area contributed by atoms with Gasteiger partial charge in [-0.25, -0.2) is 0 Å². The van der Waals surface area contributed by atoms with Crippen LogP contribution in [0.25, 0.3) is 0 Å². The van der Waals surface area contributed by atoms with Gasteiger partial charge in [-0.1, -0.05) is 0 Å². The molecule has 2 heterocycles. The van der Waals surface area contributed by atoms with Crippen molar-refractivity contribution in [3.05, 3.63) is 24.2 Å². The average Bonchev–Trinajstić information content (AvgIpc) is 3.36. The molecule has 25 heavy (non-hydrogen) atoms. The Balaban J connectivity index is 1.40. The first kappa shape index (κ1) is 16.2. The van der Waals surface area contributed by atoms with Crippen molar-refractivity contribution in [1.29, 1.82) is 0 Å². The van der Waals surface area contributed by atoms with Gasteiger partial charge in [-0.15, -0.1) is 0 Å². The maximum Gasteiger partial charge on any atom is 0.307 e. The maximum absolute atomic E-state index is 13.0. The normalized spacial score (nSPS) is 31.4. The molecule has 2 amide bonds. The number of hydrogen-bond donors (Lipinski definition) is 1. The van der Waals surface area contributed by atoms with Crippen LogP contribution >= 0.6 is 0 Å². The summed E-state index contributed by atoms with van der Waals surface area (Å²) < 4.78 is 5.14. The number of rotatable bonds is 3. The van der Waals surface area contributed by atoms with Crippen LogP contribution in [0.4, 0.5) is 0 Å². The van der Waals surface area contributed by atoms with E-state index in [4.69, 9.17) is 4.42 Å². The van der Waals surface area contributed by atoms with E-state index in [0.29, 0.717) is 31.9 Å². The highest BCUT2D eigenvalue weighted by atomic mass is 16.4. The molecule has 0 unspecified atom stereocenters. The van der Waals surface area contributed by atoms with Gasteiger partial charge in [0, 0.05) is 26.2 Å². The topological polar surface area (TPSA) is 91.1 Å². The summed E-state index contributed by atoms with van der Waals surface area (Å²) in [6, 6.07) is 3.31. The lowest BCUT2D eigenvalue weighted by Gasteiger charge is -2.38. The largest absolute Gasteiger partial charge is 0.481 e. The number of piperazine rings is 1. The number of carboxylic acid groups (broad SMARTS) is 1.